The smallest absolute Gasteiger partial charge is 0.230 e. The Morgan fingerprint density at radius 1 is 1.25 bits per heavy atom. The summed E-state index contributed by atoms with van der Waals surface area (Å²) in [6.07, 6.45) is 3.45. The molecule has 0 aliphatic heterocycles. The summed E-state index contributed by atoms with van der Waals surface area (Å²) in [6, 6.07) is 9.66. The Labute approximate surface area is 121 Å². The van der Waals surface area contributed by atoms with E-state index < -0.39 is 0 Å². The van der Waals surface area contributed by atoms with E-state index in [1.54, 1.807) is 12.4 Å². The minimum atomic E-state index is 0.368. The first-order valence-corrected chi connectivity index (χ1v) is 6.47. The van der Waals surface area contributed by atoms with Crippen LogP contribution in [-0.4, -0.2) is 19.5 Å². The highest BCUT2D eigenvalue weighted by molar-refractivity contribution is 6.33. The molecule has 0 bridgehead atoms. The van der Waals surface area contributed by atoms with Crippen LogP contribution in [-0.2, 0) is 6.54 Å². The van der Waals surface area contributed by atoms with Crippen molar-refractivity contribution in [3.63, 3.8) is 0 Å². The Morgan fingerprint density at radius 2 is 2.05 bits per heavy atom. The largest absolute Gasteiger partial charge is 0.324 e. The van der Waals surface area contributed by atoms with Crippen molar-refractivity contribution in [1.29, 1.82) is 0 Å². The van der Waals surface area contributed by atoms with Crippen LogP contribution in [0, 0.1) is 0 Å². The van der Waals surface area contributed by atoms with Gasteiger partial charge in [-0.3, -0.25) is 0 Å². The van der Waals surface area contributed by atoms with Crippen LogP contribution in [0.1, 0.15) is 0 Å². The van der Waals surface area contributed by atoms with E-state index >= 15 is 0 Å². The molecule has 6 heteroatoms. The highest BCUT2D eigenvalue weighted by Crippen LogP contribution is 2.22. The summed E-state index contributed by atoms with van der Waals surface area (Å²) in [6.45, 7) is 4.32. The molecule has 2 heterocycles. The Bertz CT molecular complexity index is 751. The molecule has 0 aliphatic rings. The molecule has 0 spiro atoms. The Balaban J connectivity index is 2.00. The van der Waals surface area contributed by atoms with Gasteiger partial charge in [0, 0.05) is 12.2 Å². The molecule has 1 aromatic carbocycles. The highest BCUT2D eigenvalue weighted by Gasteiger charge is 2.11. The quantitative estimate of drug-likeness (QED) is 0.589. The van der Waals surface area contributed by atoms with Crippen LogP contribution in [0.15, 0.2) is 49.3 Å². The third-order valence-corrected chi connectivity index (χ3v) is 3.05. The number of hydrogen-bond donors (Lipinski definition) is 1. The molecular formula is C14H12ClN5. The average molecular weight is 286 g/mol. The minimum absolute atomic E-state index is 0.368. The van der Waals surface area contributed by atoms with Crippen LogP contribution < -0.4 is 5.32 Å². The monoisotopic (exact) mass is 285 g/mol. The van der Waals surface area contributed by atoms with E-state index in [0.29, 0.717) is 28.8 Å². The number of benzene rings is 1. The predicted molar refractivity (Wildman–Crippen MR) is 80.3 cm³/mol. The number of hydrogen-bond acceptors (Lipinski definition) is 4. The molecule has 2 aromatic heterocycles. The van der Waals surface area contributed by atoms with Gasteiger partial charge in [-0.15, -0.1) is 6.58 Å². The van der Waals surface area contributed by atoms with Gasteiger partial charge in [-0.1, -0.05) is 35.9 Å². The minimum Gasteiger partial charge on any atom is -0.324 e. The summed E-state index contributed by atoms with van der Waals surface area (Å²) >= 11 is 6.22. The topological polar surface area (TPSA) is 55.6 Å². The number of para-hydroxylation sites is 1. The van der Waals surface area contributed by atoms with E-state index in [9.17, 15) is 0 Å². The van der Waals surface area contributed by atoms with E-state index in [2.05, 4.69) is 26.8 Å². The van der Waals surface area contributed by atoms with Crippen molar-refractivity contribution in [1.82, 2.24) is 19.5 Å². The molecule has 0 radical (unpaired) electrons. The van der Waals surface area contributed by atoms with Crippen molar-refractivity contribution in [3.05, 3.63) is 54.5 Å². The second kappa shape index (κ2) is 5.30. The van der Waals surface area contributed by atoms with Crippen molar-refractivity contribution in [2.45, 2.75) is 6.54 Å². The fourth-order valence-electron chi connectivity index (χ4n) is 1.92. The highest BCUT2D eigenvalue weighted by atomic mass is 35.5. The third kappa shape index (κ3) is 2.35. The van der Waals surface area contributed by atoms with Gasteiger partial charge in [0.2, 0.25) is 5.95 Å². The normalized spacial score (nSPS) is 10.7. The molecule has 0 saturated carbocycles. The SMILES string of the molecule is C=CCn1cnc2nc(Nc3ccccc3)nc(Cl)c21. The van der Waals surface area contributed by atoms with Crippen LogP contribution in [0.3, 0.4) is 0 Å². The molecule has 3 aromatic rings. The number of nitrogens with one attached hydrogen (secondary N) is 1. The number of fused-ring (bicyclic) bond motifs is 1. The van der Waals surface area contributed by atoms with E-state index in [1.165, 1.54) is 0 Å². The number of imidazole rings is 1. The van der Waals surface area contributed by atoms with Crippen LogP contribution in [0.2, 0.25) is 5.15 Å². The molecule has 3 rings (SSSR count). The van der Waals surface area contributed by atoms with Crippen molar-refractivity contribution in [2.75, 3.05) is 5.32 Å². The molecule has 5 nitrogen and oxygen atoms in total. The molecule has 100 valence electrons. The Morgan fingerprint density at radius 3 is 2.80 bits per heavy atom. The first-order chi connectivity index (χ1) is 9.78. The number of aromatic nitrogens is 4. The summed E-state index contributed by atoms with van der Waals surface area (Å²) in [5.41, 5.74) is 2.17. The number of anilines is 2. The first-order valence-electron chi connectivity index (χ1n) is 6.09. The number of rotatable bonds is 4. The third-order valence-electron chi connectivity index (χ3n) is 2.79. The van der Waals surface area contributed by atoms with Crippen molar-refractivity contribution in [3.8, 4) is 0 Å². The molecule has 1 N–H and O–H groups in total. The van der Waals surface area contributed by atoms with Gasteiger partial charge in [-0.25, -0.2) is 4.98 Å². The molecular weight excluding hydrogens is 274 g/mol. The van der Waals surface area contributed by atoms with Crippen LogP contribution in [0.25, 0.3) is 11.2 Å². The number of allylic oxidation sites excluding steroid dienone is 1. The lowest BCUT2D eigenvalue weighted by molar-refractivity contribution is 0.849. The first kappa shape index (κ1) is 12.6. The van der Waals surface area contributed by atoms with Crippen molar-refractivity contribution >= 4 is 34.4 Å². The van der Waals surface area contributed by atoms with E-state index in [1.807, 2.05) is 34.9 Å². The lowest BCUT2D eigenvalue weighted by Crippen LogP contribution is -2.00. The maximum Gasteiger partial charge on any atom is 0.230 e. The lowest BCUT2D eigenvalue weighted by atomic mass is 10.3. The second-order valence-corrected chi connectivity index (χ2v) is 4.54. The zero-order valence-corrected chi connectivity index (χ0v) is 11.4. The fourth-order valence-corrected chi connectivity index (χ4v) is 2.19. The zero-order chi connectivity index (χ0) is 13.9. The van der Waals surface area contributed by atoms with Crippen LogP contribution >= 0.6 is 11.6 Å². The molecule has 0 amide bonds. The molecule has 0 unspecified atom stereocenters. The van der Waals surface area contributed by atoms with Gasteiger partial charge in [0.05, 0.1) is 6.33 Å². The number of halogens is 1. The van der Waals surface area contributed by atoms with E-state index in [4.69, 9.17) is 11.6 Å². The molecule has 0 atom stereocenters. The summed E-state index contributed by atoms with van der Waals surface area (Å²) in [5.74, 6) is 0.428. The second-order valence-electron chi connectivity index (χ2n) is 4.19. The van der Waals surface area contributed by atoms with Crippen molar-refractivity contribution < 1.29 is 0 Å². The van der Waals surface area contributed by atoms with Crippen LogP contribution in [0.4, 0.5) is 11.6 Å². The van der Waals surface area contributed by atoms with E-state index in [-0.39, 0.29) is 0 Å². The Kier molecular flexibility index (Phi) is 3.35. The van der Waals surface area contributed by atoms with Gasteiger partial charge in [-0.05, 0) is 12.1 Å². The predicted octanol–water partition coefficient (Wildman–Crippen LogP) is 3.41. The maximum absolute atomic E-state index is 6.22. The summed E-state index contributed by atoms with van der Waals surface area (Å²) in [5, 5.41) is 3.47. The molecule has 0 saturated heterocycles. The molecule has 0 aliphatic carbocycles. The zero-order valence-electron chi connectivity index (χ0n) is 10.6. The van der Waals surface area contributed by atoms with Crippen molar-refractivity contribution in [2.24, 2.45) is 0 Å². The standard InChI is InChI=1S/C14H12ClN5/c1-2-8-20-9-16-13-11(20)12(15)18-14(19-13)17-10-6-4-3-5-7-10/h2-7,9H,1,8H2,(H,17,18,19). The van der Waals surface area contributed by atoms with Gasteiger partial charge in [0.25, 0.3) is 0 Å². The summed E-state index contributed by atoms with van der Waals surface area (Å²) in [7, 11) is 0. The average Bonchev–Trinajstić information content (AvgIpc) is 2.84. The van der Waals surface area contributed by atoms with Crippen LogP contribution in [0.5, 0.6) is 0 Å². The molecule has 0 fully saturated rings. The lowest BCUT2D eigenvalue weighted by Gasteiger charge is -2.06. The fraction of sp³-hybridized carbons (Fsp3) is 0.0714. The van der Waals surface area contributed by atoms with Gasteiger partial charge in [-0.2, -0.15) is 9.97 Å². The van der Waals surface area contributed by atoms with Gasteiger partial charge in [0.1, 0.15) is 5.52 Å². The number of nitrogens with zero attached hydrogens (tertiary/aromatic N) is 4. The van der Waals surface area contributed by atoms with E-state index in [0.717, 1.165) is 5.69 Å². The Hall–Kier alpha value is -2.40. The van der Waals surface area contributed by atoms with Gasteiger partial charge in [0.15, 0.2) is 10.8 Å². The van der Waals surface area contributed by atoms with Gasteiger partial charge < -0.3 is 9.88 Å². The van der Waals surface area contributed by atoms with Gasteiger partial charge >= 0.3 is 0 Å². The summed E-state index contributed by atoms with van der Waals surface area (Å²) in [4.78, 5) is 12.9. The summed E-state index contributed by atoms with van der Waals surface area (Å²) < 4.78 is 1.86. The maximum atomic E-state index is 6.22. The molecule has 20 heavy (non-hydrogen) atoms.